The van der Waals surface area contributed by atoms with Crippen molar-refractivity contribution in [1.29, 1.82) is 0 Å². The standard InChI is InChI=1S/C33H37F2N5O3S/c1-21-5-11-25(12-6-21)40-30(20-29(39-40)33(2,3)4)38-32(41)37-24-9-7-22(8-10-24)31(23-15-17-36-18-16-23)44(42,43)26-13-14-27(34)28(35)19-26/h5-14,19-20,23,31,36H,15-18H2,1-4H3,(H2,37,38,41). The van der Waals surface area contributed by atoms with E-state index in [-0.39, 0.29) is 16.2 Å². The molecule has 1 fully saturated rings. The number of benzene rings is 3. The Morgan fingerprint density at radius 3 is 2.20 bits per heavy atom. The molecule has 2 heterocycles. The van der Waals surface area contributed by atoms with Crippen LogP contribution in [-0.4, -0.2) is 37.3 Å². The van der Waals surface area contributed by atoms with Crippen molar-refractivity contribution in [2.24, 2.45) is 5.92 Å². The highest BCUT2D eigenvalue weighted by atomic mass is 32.2. The summed E-state index contributed by atoms with van der Waals surface area (Å²) in [6.07, 6.45) is 1.22. The fourth-order valence-electron chi connectivity index (χ4n) is 5.41. The third-order valence-electron chi connectivity index (χ3n) is 7.86. The molecule has 1 atom stereocenters. The van der Waals surface area contributed by atoms with Crippen LogP contribution in [-0.2, 0) is 15.3 Å². The van der Waals surface area contributed by atoms with E-state index in [1.54, 1.807) is 28.9 Å². The first kappa shape index (κ1) is 31.3. The molecule has 0 radical (unpaired) electrons. The van der Waals surface area contributed by atoms with Gasteiger partial charge in [-0.1, -0.05) is 50.6 Å². The van der Waals surface area contributed by atoms with Gasteiger partial charge in [-0.15, -0.1) is 0 Å². The van der Waals surface area contributed by atoms with E-state index in [9.17, 15) is 22.0 Å². The van der Waals surface area contributed by atoms with Crippen LogP contribution in [0.25, 0.3) is 5.69 Å². The minimum Gasteiger partial charge on any atom is -0.317 e. The van der Waals surface area contributed by atoms with Crippen molar-refractivity contribution in [2.75, 3.05) is 23.7 Å². The van der Waals surface area contributed by atoms with Crippen molar-refractivity contribution in [1.82, 2.24) is 15.1 Å². The van der Waals surface area contributed by atoms with Gasteiger partial charge in [-0.25, -0.2) is 26.7 Å². The van der Waals surface area contributed by atoms with E-state index in [4.69, 9.17) is 5.10 Å². The van der Waals surface area contributed by atoms with Gasteiger partial charge < -0.3 is 10.6 Å². The van der Waals surface area contributed by atoms with Crippen molar-refractivity contribution >= 4 is 27.4 Å². The smallest absolute Gasteiger partial charge is 0.317 e. The van der Waals surface area contributed by atoms with Crippen LogP contribution in [0.4, 0.5) is 25.1 Å². The molecule has 0 spiro atoms. The van der Waals surface area contributed by atoms with Crippen LogP contribution in [0.1, 0.15) is 55.7 Å². The van der Waals surface area contributed by atoms with Crippen LogP contribution < -0.4 is 16.0 Å². The van der Waals surface area contributed by atoms with Crippen molar-refractivity contribution in [3.8, 4) is 5.69 Å². The molecule has 4 aromatic rings. The minimum absolute atomic E-state index is 0.226. The summed E-state index contributed by atoms with van der Waals surface area (Å²) in [7, 11) is -4.06. The third-order valence-corrected chi connectivity index (χ3v) is 10.1. The summed E-state index contributed by atoms with van der Waals surface area (Å²) in [6.45, 7) is 9.45. The van der Waals surface area contributed by atoms with Gasteiger partial charge in [-0.2, -0.15) is 5.10 Å². The molecule has 0 saturated carbocycles. The number of nitrogens with zero attached hydrogens (tertiary/aromatic N) is 2. The molecule has 8 nitrogen and oxygen atoms in total. The largest absolute Gasteiger partial charge is 0.324 e. The highest BCUT2D eigenvalue weighted by molar-refractivity contribution is 7.91. The van der Waals surface area contributed by atoms with Crippen molar-refractivity contribution in [3.63, 3.8) is 0 Å². The summed E-state index contributed by atoms with van der Waals surface area (Å²) in [5.74, 6) is -2.04. The Kier molecular flexibility index (Phi) is 8.90. The lowest BCUT2D eigenvalue weighted by Gasteiger charge is -2.31. The predicted molar refractivity (Wildman–Crippen MR) is 168 cm³/mol. The number of nitrogens with one attached hydrogen (secondary N) is 3. The van der Waals surface area contributed by atoms with Gasteiger partial charge in [0.05, 0.1) is 21.5 Å². The summed E-state index contributed by atoms with van der Waals surface area (Å²) < 4.78 is 56.9. The van der Waals surface area contributed by atoms with Gasteiger partial charge in [-0.3, -0.25) is 5.32 Å². The van der Waals surface area contributed by atoms with Gasteiger partial charge in [-0.05, 0) is 86.8 Å². The average Bonchev–Trinajstić information content (AvgIpc) is 3.40. The predicted octanol–water partition coefficient (Wildman–Crippen LogP) is 6.92. The van der Waals surface area contributed by atoms with Gasteiger partial charge in [0.15, 0.2) is 21.5 Å². The zero-order valence-electron chi connectivity index (χ0n) is 25.2. The summed E-state index contributed by atoms with van der Waals surface area (Å²) in [5, 5.41) is 12.7. The van der Waals surface area contributed by atoms with Gasteiger partial charge in [0, 0.05) is 17.2 Å². The molecule has 1 saturated heterocycles. The minimum atomic E-state index is -4.06. The van der Waals surface area contributed by atoms with E-state index >= 15 is 0 Å². The molecule has 1 aromatic heterocycles. The Labute approximate surface area is 256 Å². The molecule has 0 bridgehead atoms. The van der Waals surface area contributed by atoms with Gasteiger partial charge >= 0.3 is 6.03 Å². The Balaban J connectivity index is 1.38. The van der Waals surface area contributed by atoms with Crippen LogP contribution >= 0.6 is 0 Å². The number of hydrogen-bond acceptors (Lipinski definition) is 5. The highest BCUT2D eigenvalue weighted by Crippen LogP contribution is 2.40. The van der Waals surface area contributed by atoms with Crippen molar-refractivity contribution in [3.05, 3.63) is 101 Å². The first-order valence-electron chi connectivity index (χ1n) is 14.6. The lowest BCUT2D eigenvalue weighted by atomic mass is 9.90. The average molecular weight is 622 g/mol. The number of halogens is 2. The maximum Gasteiger partial charge on any atom is 0.324 e. The number of piperidine rings is 1. The Bertz CT molecular complexity index is 1740. The topological polar surface area (TPSA) is 105 Å². The number of amides is 2. The monoisotopic (exact) mass is 621 g/mol. The molecule has 1 unspecified atom stereocenters. The maximum absolute atomic E-state index is 14.0. The molecule has 0 aliphatic carbocycles. The number of carbonyl (C=O) groups excluding carboxylic acids is 1. The zero-order valence-corrected chi connectivity index (χ0v) is 26.0. The number of rotatable bonds is 7. The number of sulfone groups is 1. The van der Waals surface area contributed by atoms with Crippen LogP contribution in [0.5, 0.6) is 0 Å². The number of urea groups is 1. The lowest BCUT2D eigenvalue weighted by Crippen LogP contribution is -2.33. The molecule has 11 heteroatoms. The number of aromatic nitrogens is 2. The summed E-state index contributed by atoms with van der Waals surface area (Å²) >= 11 is 0. The van der Waals surface area contributed by atoms with Crippen LogP contribution in [0, 0.1) is 24.5 Å². The first-order valence-corrected chi connectivity index (χ1v) is 16.1. The van der Waals surface area contributed by atoms with E-state index in [2.05, 4.69) is 16.0 Å². The van der Waals surface area contributed by atoms with E-state index in [1.165, 1.54) is 0 Å². The molecule has 5 rings (SSSR count). The third kappa shape index (κ3) is 6.84. The van der Waals surface area contributed by atoms with E-state index in [0.29, 0.717) is 43.0 Å². The molecule has 1 aliphatic rings. The molecule has 232 valence electrons. The molecule has 3 N–H and O–H groups in total. The zero-order chi connectivity index (χ0) is 31.6. The first-order chi connectivity index (χ1) is 20.8. The number of hydrogen-bond donors (Lipinski definition) is 3. The van der Waals surface area contributed by atoms with Gasteiger partial charge in [0.25, 0.3) is 0 Å². The number of carbonyl (C=O) groups is 1. The van der Waals surface area contributed by atoms with Gasteiger partial charge in [0.2, 0.25) is 0 Å². The Hall–Kier alpha value is -4.09. The molecule has 44 heavy (non-hydrogen) atoms. The normalized spacial score (nSPS) is 15.1. The Morgan fingerprint density at radius 1 is 0.932 bits per heavy atom. The lowest BCUT2D eigenvalue weighted by molar-refractivity contribution is 0.262. The van der Waals surface area contributed by atoms with Crippen LogP contribution in [0.2, 0.25) is 0 Å². The number of aryl methyl sites for hydroxylation is 1. The van der Waals surface area contributed by atoms with E-state index < -0.39 is 32.8 Å². The fraction of sp³-hybridized carbons (Fsp3) is 0.333. The maximum atomic E-state index is 14.0. The molecule has 3 aromatic carbocycles. The molecular formula is C33H37F2N5O3S. The summed E-state index contributed by atoms with van der Waals surface area (Å²) in [6, 6.07) is 18.5. The van der Waals surface area contributed by atoms with Crippen molar-refractivity contribution < 1.29 is 22.0 Å². The molecular weight excluding hydrogens is 584 g/mol. The highest BCUT2D eigenvalue weighted by Gasteiger charge is 2.37. The summed E-state index contributed by atoms with van der Waals surface area (Å²) in [4.78, 5) is 12.9. The quantitative estimate of drug-likeness (QED) is 0.195. The summed E-state index contributed by atoms with van der Waals surface area (Å²) in [5.41, 5.74) is 3.44. The van der Waals surface area contributed by atoms with E-state index in [0.717, 1.165) is 35.1 Å². The number of anilines is 2. The van der Waals surface area contributed by atoms with E-state index in [1.807, 2.05) is 58.0 Å². The second kappa shape index (κ2) is 12.5. The molecule has 2 amide bonds. The molecule has 1 aliphatic heterocycles. The van der Waals surface area contributed by atoms with Gasteiger partial charge in [0.1, 0.15) is 5.82 Å². The van der Waals surface area contributed by atoms with Crippen molar-refractivity contribution in [2.45, 2.75) is 56.1 Å². The SMILES string of the molecule is Cc1ccc(-n2nc(C(C)(C)C)cc2NC(=O)Nc2ccc(C(C3CCNCC3)S(=O)(=O)c3ccc(F)c(F)c3)cc2)cc1. The fourth-order valence-corrected chi connectivity index (χ4v) is 7.52. The second-order valence-corrected chi connectivity index (χ2v) is 14.3. The van der Waals surface area contributed by atoms with Crippen LogP contribution in [0.15, 0.2) is 77.7 Å². The second-order valence-electron chi connectivity index (χ2n) is 12.2. The van der Waals surface area contributed by atoms with Crippen LogP contribution in [0.3, 0.4) is 0 Å². The Morgan fingerprint density at radius 2 is 1.59 bits per heavy atom.